The second kappa shape index (κ2) is 5.19. The van der Waals surface area contributed by atoms with Crippen molar-refractivity contribution in [1.29, 1.82) is 0 Å². The Balaban J connectivity index is 1.61. The fourth-order valence-electron chi connectivity index (χ4n) is 2.99. The summed E-state index contributed by atoms with van der Waals surface area (Å²) in [5.41, 5.74) is 0. The van der Waals surface area contributed by atoms with E-state index in [-0.39, 0.29) is 0 Å². The predicted molar refractivity (Wildman–Crippen MR) is 67.3 cm³/mol. The number of rotatable bonds is 3. The van der Waals surface area contributed by atoms with Crippen LogP contribution in [0, 0.1) is 12.8 Å². The minimum atomic E-state index is -0.413. The number of ether oxygens (including phenoxy) is 2. The first kappa shape index (κ1) is 13.0. The molecule has 0 N–H and O–H groups in total. The van der Waals surface area contributed by atoms with Crippen LogP contribution in [0.2, 0.25) is 0 Å². The SMILES string of the molecule is Cc1noc(CN2CCC[C@@H](C3(C)OCCO3)C2)n1. The molecule has 0 amide bonds. The molecular formula is C13H21N3O3. The molecule has 3 rings (SSSR count). The average Bonchev–Trinajstić information content (AvgIpc) is 3.00. The summed E-state index contributed by atoms with van der Waals surface area (Å²) < 4.78 is 16.8. The maximum absolute atomic E-state index is 5.78. The van der Waals surface area contributed by atoms with Crippen LogP contribution in [0.4, 0.5) is 0 Å². The summed E-state index contributed by atoms with van der Waals surface area (Å²) >= 11 is 0. The topological polar surface area (TPSA) is 60.6 Å². The van der Waals surface area contributed by atoms with E-state index in [1.807, 2.05) is 6.92 Å². The van der Waals surface area contributed by atoms with Gasteiger partial charge in [0, 0.05) is 12.5 Å². The van der Waals surface area contributed by atoms with Crippen LogP contribution < -0.4 is 0 Å². The van der Waals surface area contributed by atoms with Crippen LogP contribution in [-0.2, 0) is 16.0 Å². The van der Waals surface area contributed by atoms with Crippen LogP contribution in [0.3, 0.4) is 0 Å². The van der Waals surface area contributed by atoms with E-state index >= 15 is 0 Å². The van der Waals surface area contributed by atoms with Gasteiger partial charge in [0.05, 0.1) is 19.8 Å². The molecule has 2 fully saturated rings. The van der Waals surface area contributed by atoms with Crippen molar-refractivity contribution in [3.05, 3.63) is 11.7 Å². The third-order valence-corrected chi connectivity index (χ3v) is 4.04. The van der Waals surface area contributed by atoms with E-state index in [1.54, 1.807) is 0 Å². The molecule has 0 aliphatic carbocycles. The summed E-state index contributed by atoms with van der Waals surface area (Å²) in [5.74, 6) is 1.38. The Morgan fingerprint density at radius 2 is 2.16 bits per heavy atom. The maximum Gasteiger partial charge on any atom is 0.240 e. The lowest BCUT2D eigenvalue weighted by atomic mass is 9.90. The Hall–Kier alpha value is -0.980. The number of hydrogen-bond donors (Lipinski definition) is 0. The molecule has 0 bridgehead atoms. The van der Waals surface area contributed by atoms with Gasteiger partial charge in [-0.1, -0.05) is 5.16 Å². The van der Waals surface area contributed by atoms with Crippen molar-refractivity contribution in [3.63, 3.8) is 0 Å². The number of nitrogens with zero attached hydrogens (tertiary/aromatic N) is 3. The Kier molecular flexibility index (Phi) is 3.56. The molecule has 0 radical (unpaired) electrons. The van der Waals surface area contributed by atoms with Crippen LogP contribution in [0.25, 0.3) is 0 Å². The van der Waals surface area contributed by atoms with Gasteiger partial charge in [0.15, 0.2) is 11.6 Å². The van der Waals surface area contributed by atoms with Gasteiger partial charge >= 0.3 is 0 Å². The quantitative estimate of drug-likeness (QED) is 0.824. The summed E-state index contributed by atoms with van der Waals surface area (Å²) in [4.78, 5) is 6.61. The molecule has 1 aromatic heterocycles. The van der Waals surface area contributed by atoms with Gasteiger partial charge in [-0.3, -0.25) is 4.90 Å². The third-order valence-electron chi connectivity index (χ3n) is 4.04. The Bertz CT molecular complexity index is 429. The smallest absolute Gasteiger partial charge is 0.240 e. The first-order valence-electron chi connectivity index (χ1n) is 6.95. The van der Waals surface area contributed by atoms with Crippen LogP contribution in [0.1, 0.15) is 31.5 Å². The molecule has 0 unspecified atom stereocenters. The van der Waals surface area contributed by atoms with Crippen molar-refractivity contribution in [3.8, 4) is 0 Å². The Morgan fingerprint density at radius 3 is 2.84 bits per heavy atom. The highest BCUT2D eigenvalue weighted by atomic mass is 16.7. The lowest BCUT2D eigenvalue weighted by Crippen LogP contribution is -2.46. The van der Waals surface area contributed by atoms with Crippen molar-refractivity contribution in [2.45, 2.75) is 39.0 Å². The van der Waals surface area contributed by atoms with Gasteiger partial charge in [-0.2, -0.15) is 4.98 Å². The predicted octanol–water partition coefficient (Wildman–Crippen LogP) is 1.35. The summed E-state index contributed by atoms with van der Waals surface area (Å²) in [6.07, 6.45) is 2.30. The molecule has 106 valence electrons. The normalized spacial score (nSPS) is 27.8. The van der Waals surface area contributed by atoms with Crippen LogP contribution in [0.5, 0.6) is 0 Å². The van der Waals surface area contributed by atoms with Crippen molar-refractivity contribution < 1.29 is 14.0 Å². The molecule has 6 heteroatoms. The van der Waals surface area contributed by atoms with Gasteiger partial charge in [-0.05, 0) is 33.2 Å². The Labute approximate surface area is 113 Å². The zero-order valence-corrected chi connectivity index (χ0v) is 11.6. The van der Waals surface area contributed by atoms with Crippen molar-refractivity contribution in [2.24, 2.45) is 5.92 Å². The number of aryl methyl sites for hydroxylation is 1. The highest BCUT2D eigenvalue weighted by molar-refractivity contribution is 4.88. The summed E-state index contributed by atoms with van der Waals surface area (Å²) in [7, 11) is 0. The number of hydrogen-bond acceptors (Lipinski definition) is 6. The molecule has 3 heterocycles. The Morgan fingerprint density at radius 1 is 1.37 bits per heavy atom. The van der Waals surface area contributed by atoms with Crippen molar-refractivity contribution in [2.75, 3.05) is 26.3 Å². The van der Waals surface area contributed by atoms with Gasteiger partial charge in [0.25, 0.3) is 0 Å². The molecule has 0 spiro atoms. The lowest BCUT2D eigenvalue weighted by molar-refractivity contribution is -0.192. The molecular weight excluding hydrogens is 246 g/mol. The second-order valence-corrected chi connectivity index (χ2v) is 5.52. The largest absolute Gasteiger partial charge is 0.347 e. The zero-order valence-electron chi connectivity index (χ0n) is 11.6. The van der Waals surface area contributed by atoms with Crippen LogP contribution >= 0.6 is 0 Å². The molecule has 1 atom stereocenters. The molecule has 0 saturated carbocycles. The van der Waals surface area contributed by atoms with Crippen LogP contribution in [0.15, 0.2) is 4.52 Å². The molecule has 6 nitrogen and oxygen atoms in total. The van der Waals surface area contributed by atoms with Gasteiger partial charge in [0.2, 0.25) is 5.89 Å². The van der Waals surface area contributed by atoms with E-state index in [0.29, 0.717) is 37.4 Å². The van der Waals surface area contributed by atoms with E-state index in [4.69, 9.17) is 14.0 Å². The van der Waals surface area contributed by atoms with E-state index in [0.717, 1.165) is 25.9 Å². The number of aromatic nitrogens is 2. The highest BCUT2D eigenvalue weighted by Gasteiger charge is 2.41. The van der Waals surface area contributed by atoms with Gasteiger partial charge in [-0.25, -0.2) is 0 Å². The molecule has 0 aromatic carbocycles. The molecule has 1 aromatic rings. The zero-order chi connectivity index (χ0) is 13.3. The standard InChI is InChI=1S/C13H21N3O3/c1-10-14-12(19-15-10)9-16-5-3-4-11(8-16)13(2)17-6-7-18-13/h11H,3-9H2,1-2H3/t11-/m1/s1. The average molecular weight is 267 g/mol. The van der Waals surface area contributed by atoms with Crippen LogP contribution in [-0.4, -0.2) is 47.1 Å². The minimum Gasteiger partial charge on any atom is -0.347 e. The number of likely N-dealkylation sites (tertiary alicyclic amines) is 1. The van der Waals surface area contributed by atoms with E-state index in [9.17, 15) is 0 Å². The fraction of sp³-hybridized carbons (Fsp3) is 0.846. The first-order valence-corrected chi connectivity index (χ1v) is 6.95. The second-order valence-electron chi connectivity index (χ2n) is 5.52. The van der Waals surface area contributed by atoms with Crippen molar-refractivity contribution >= 4 is 0 Å². The summed E-state index contributed by atoms with van der Waals surface area (Å²) in [5, 5.41) is 3.83. The van der Waals surface area contributed by atoms with E-state index < -0.39 is 5.79 Å². The van der Waals surface area contributed by atoms with Gasteiger partial charge < -0.3 is 14.0 Å². The monoisotopic (exact) mass is 267 g/mol. The van der Waals surface area contributed by atoms with Gasteiger partial charge in [-0.15, -0.1) is 0 Å². The first-order chi connectivity index (χ1) is 9.16. The molecule has 19 heavy (non-hydrogen) atoms. The molecule has 2 saturated heterocycles. The van der Waals surface area contributed by atoms with E-state index in [1.165, 1.54) is 0 Å². The van der Waals surface area contributed by atoms with Gasteiger partial charge in [0.1, 0.15) is 0 Å². The minimum absolute atomic E-state index is 0.410. The van der Waals surface area contributed by atoms with Crippen molar-refractivity contribution in [1.82, 2.24) is 15.0 Å². The highest BCUT2D eigenvalue weighted by Crippen LogP contribution is 2.34. The maximum atomic E-state index is 5.78. The van der Waals surface area contributed by atoms with E-state index in [2.05, 4.69) is 22.0 Å². The number of piperidine rings is 1. The summed E-state index contributed by atoms with van der Waals surface area (Å²) in [6.45, 7) is 8.04. The fourth-order valence-corrected chi connectivity index (χ4v) is 2.99. The summed E-state index contributed by atoms with van der Waals surface area (Å²) in [6, 6.07) is 0. The third kappa shape index (κ3) is 2.80. The molecule has 2 aliphatic rings. The lowest BCUT2D eigenvalue weighted by Gasteiger charge is -2.39. The molecule has 2 aliphatic heterocycles.